The molecule has 1 aromatic rings. The van der Waals surface area contributed by atoms with Crippen molar-refractivity contribution in [1.29, 1.82) is 0 Å². The van der Waals surface area contributed by atoms with Gasteiger partial charge in [-0.15, -0.1) is 6.58 Å². The fourth-order valence-corrected chi connectivity index (χ4v) is 1.13. The molecule has 1 atom stereocenters. The summed E-state index contributed by atoms with van der Waals surface area (Å²) in [6, 6.07) is 8.82. The average Bonchev–Trinajstić information content (AvgIpc) is 2.19. The smallest absolute Gasteiger partial charge is 0.0193 e. The fourth-order valence-electron chi connectivity index (χ4n) is 1.13. The number of benzene rings is 1. The van der Waals surface area contributed by atoms with Crippen LogP contribution < -0.4 is 0 Å². The van der Waals surface area contributed by atoms with Gasteiger partial charge in [0.25, 0.3) is 0 Å². The van der Waals surface area contributed by atoms with Crippen molar-refractivity contribution in [3.05, 3.63) is 48.0 Å². The van der Waals surface area contributed by atoms with Crippen molar-refractivity contribution in [2.24, 2.45) is 0 Å². The predicted molar refractivity (Wildman–Crippen MR) is 72.5 cm³/mol. The van der Waals surface area contributed by atoms with E-state index in [0.717, 1.165) is 0 Å². The summed E-state index contributed by atoms with van der Waals surface area (Å²) in [7, 11) is 0. The zero-order valence-electron chi connectivity index (χ0n) is 9.88. The highest BCUT2D eigenvalue weighted by molar-refractivity contribution is 5.23. The molecule has 0 spiro atoms. The van der Waals surface area contributed by atoms with Gasteiger partial charge in [-0.05, 0) is 31.7 Å². The summed E-state index contributed by atoms with van der Waals surface area (Å²) in [5.74, 6) is 0.704. The molecule has 0 aliphatic heterocycles. The van der Waals surface area contributed by atoms with Crippen molar-refractivity contribution < 1.29 is 0 Å². The maximum Gasteiger partial charge on any atom is -0.0193 e. The van der Waals surface area contributed by atoms with E-state index in [1.54, 1.807) is 6.08 Å². The Bertz CT molecular complexity index is 243. The molecule has 86 valence electrons. The fraction of sp³-hybridized carbons (Fsp3) is 0.467. The molecule has 0 fully saturated rings. The molecule has 0 unspecified atom stereocenters. The minimum absolute atomic E-state index is 0. The topological polar surface area (TPSA) is 0 Å². The first-order chi connectivity index (χ1) is 6.65. The second-order valence-corrected chi connectivity index (χ2v) is 3.63. The van der Waals surface area contributed by atoms with Gasteiger partial charge in [0, 0.05) is 0 Å². The van der Waals surface area contributed by atoms with Crippen LogP contribution in [-0.4, -0.2) is 0 Å². The van der Waals surface area contributed by atoms with Gasteiger partial charge in [0.05, 0.1) is 0 Å². The van der Waals surface area contributed by atoms with Crippen molar-refractivity contribution in [1.82, 2.24) is 0 Å². The van der Waals surface area contributed by atoms with E-state index >= 15 is 0 Å². The van der Waals surface area contributed by atoms with Crippen LogP contribution in [0.25, 0.3) is 0 Å². The minimum Gasteiger partial charge on any atom is -0.103 e. The summed E-state index contributed by atoms with van der Waals surface area (Å²) >= 11 is 0. The van der Waals surface area contributed by atoms with Crippen LogP contribution in [0.2, 0.25) is 0 Å². The standard InChI is InChI=1S/C11H16.C3H6.CH4/c1-4-10(3)11-7-5-9(2)6-8-11;1-3-2;/h5-8,10H,4H2,1-3H3;3H,1H2,2H3;1H4/t10-;;/m0../s1. The quantitative estimate of drug-likeness (QED) is 0.573. The highest BCUT2D eigenvalue weighted by Crippen LogP contribution is 2.18. The Hall–Kier alpha value is -1.04. The first-order valence-electron chi connectivity index (χ1n) is 5.29. The van der Waals surface area contributed by atoms with Crippen LogP contribution in [0.15, 0.2) is 36.9 Å². The summed E-state index contributed by atoms with van der Waals surface area (Å²) in [4.78, 5) is 0. The van der Waals surface area contributed by atoms with Crippen LogP contribution in [0.1, 0.15) is 51.7 Å². The molecular formula is C15H26. The number of hydrogen-bond acceptors (Lipinski definition) is 0. The summed E-state index contributed by atoms with van der Waals surface area (Å²) in [6.07, 6.45) is 2.98. The Labute approximate surface area is 96.0 Å². The van der Waals surface area contributed by atoms with E-state index in [9.17, 15) is 0 Å². The van der Waals surface area contributed by atoms with E-state index in [0.29, 0.717) is 5.92 Å². The lowest BCUT2D eigenvalue weighted by Crippen LogP contribution is -1.89. The SMILES string of the molecule is C.C=CC.CC[C@H](C)c1ccc(C)cc1. The lowest BCUT2D eigenvalue weighted by Gasteiger charge is -2.07. The van der Waals surface area contributed by atoms with Gasteiger partial charge in [-0.1, -0.05) is 57.2 Å². The normalized spacial score (nSPS) is 10.4. The van der Waals surface area contributed by atoms with Gasteiger partial charge < -0.3 is 0 Å². The van der Waals surface area contributed by atoms with E-state index in [2.05, 4.69) is 51.6 Å². The van der Waals surface area contributed by atoms with E-state index in [-0.39, 0.29) is 7.43 Å². The molecule has 0 bridgehead atoms. The molecule has 1 rings (SSSR count). The van der Waals surface area contributed by atoms with Gasteiger partial charge in [-0.25, -0.2) is 0 Å². The summed E-state index contributed by atoms with van der Waals surface area (Å²) < 4.78 is 0. The second-order valence-electron chi connectivity index (χ2n) is 3.63. The van der Waals surface area contributed by atoms with Crippen LogP contribution in [-0.2, 0) is 0 Å². The van der Waals surface area contributed by atoms with Gasteiger partial charge in [-0.2, -0.15) is 0 Å². The van der Waals surface area contributed by atoms with Crippen LogP contribution in [0.5, 0.6) is 0 Å². The van der Waals surface area contributed by atoms with Crippen LogP contribution in [0, 0.1) is 6.92 Å². The van der Waals surface area contributed by atoms with E-state index in [1.807, 2.05) is 6.92 Å². The summed E-state index contributed by atoms with van der Waals surface area (Å²) in [5, 5.41) is 0. The number of rotatable bonds is 2. The molecule has 0 amide bonds. The molecule has 0 N–H and O–H groups in total. The molecule has 0 saturated heterocycles. The molecule has 0 aliphatic rings. The van der Waals surface area contributed by atoms with Crippen molar-refractivity contribution in [3.63, 3.8) is 0 Å². The lowest BCUT2D eigenvalue weighted by atomic mass is 9.98. The predicted octanol–water partition coefficient (Wildman–Crippen LogP) is 5.34. The van der Waals surface area contributed by atoms with E-state index in [1.165, 1.54) is 17.5 Å². The number of allylic oxidation sites excluding steroid dienone is 1. The maximum absolute atomic E-state index is 3.36. The van der Waals surface area contributed by atoms with Crippen molar-refractivity contribution in [2.45, 2.75) is 47.5 Å². The Kier molecular flexibility index (Phi) is 10.4. The lowest BCUT2D eigenvalue weighted by molar-refractivity contribution is 0.733. The van der Waals surface area contributed by atoms with Crippen molar-refractivity contribution in [3.8, 4) is 0 Å². The first kappa shape index (κ1) is 16.4. The van der Waals surface area contributed by atoms with Gasteiger partial charge in [0.2, 0.25) is 0 Å². The van der Waals surface area contributed by atoms with E-state index < -0.39 is 0 Å². The Morgan fingerprint density at radius 3 is 2.00 bits per heavy atom. The second kappa shape index (κ2) is 9.51. The van der Waals surface area contributed by atoms with Crippen molar-refractivity contribution in [2.75, 3.05) is 0 Å². The third-order valence-electron chi connectivity index (χ3n) is 2.26. The Morgan fingerprint density at radius 2 is 1.67 bits per heavy atom. The monoisotopic (exact) mass is 206 g/mol. The molecule has 0 heteroatoms. The summed E-state index contributed by atoms with van der Waals surface area (Å²) in [5.41, 5.74) is 2.80. The average molecular weight is 206 g/mol. The maximum atomic E-state index is 3.36. The van der Waals surface area contributed by atoms with E-state index in [4.69, 9.17) is 0 Å². The van der Waals surface area contributed by atoms with Gasteiger partial charge >= 0.3 is 0 Å². The highest BCUT2D eigenvalue weighted by atomic mass is 14.0. The van der Waals surface area contributed by atoms with Crippen molar-refractivity contribution >= 4 is 0 Å². The Balaban J connectivity index is 0. The van der Waals surface area contributed by atoms with Crippen LogP contribution in [0.4, 0.5) is 0 Å². The molecule has 15 heavy (non-hydrogen) atoms. The molecule has 0 aromatic heterocycles. The van der Waals surface area contributed by atoms with Crippen LogP contribution >= 0.6 is 0 Å². The molecular weight excluding hydrogens is 180 g/mol. The third kappa shape index (κ3) is 6.96. The Morgan fingerprint density at radius 1 is 1.27 bits per heavy atom. The number of aryl methyl sites for hydroxylation is 1. The minimum atomic E-state index is 0. The third-order valence-corrected chi connectivity index (χ3v) is 2.26. The molecule has 0 nitrogen and oxygen atoms in total. The first-order valence-corrected chi connectivity index (χ1v) is 5.29. The molecule has 0 heterocycles. The zero-order chi connectivity index (χ0) is 11.0. The number of hydrogen-bond donors (Lipinski definition) is 0. The van der Waals surface area contributed by atoms with Crippen LogP contribution in [0.3, 0.4) is 0 Å². The summed E-state index contributed by atoms with van der Waals surface area (Å²) in [6.45, 7) is 11.9. The van der Waals surface area contributed by atoms with Gasteiger partial charge in [0.1, 0.15) is 0 Å². The van der Waals surface area contributed by atoms with Gasteiger partial charge in [-0.3, -0.25) is 0 Å². The molecule has 0 saturated carbocycles. The van der Waals surface area contributed by atoms with Gasteiger partial charge in [0.15, 0.2) is 0 Å². The molecule has 0 aliphatic carbocycles. The molecule has 0 radical (unpaired) electrons. The molecule has 1 aromatic carbocycles. The largest absolute Gasteiger partial charge is 0.103 e. The zero-order valence-corrected chi connectivity index (χ0v) is 9.88. The highest BCUT2D eigenvalue weighted by Gasteiger charge is 2.00.